The van der Waals surface area contributed by atoms with E-state index in [4.69, 9.17) is 9.47 Å². The van der Waals surface area contributed by atoms with Crippen molar-refractivity contribution < 1.29 is 19.1 Å². The number of nitrogens with one attached hydrogen (secondary N) is 2. The maximum absolute atomic E-state index is 12.7. The maximum atomic E-state index is 12.7. The molecular formula is C27H26N4O4S2. The Labute approximate surface area is 223 Å². The van der Waals surface area contributed by atoms with E-state index in [2.05, 4.69) is 20.5 Å². The van der Waals surface area contributed by atoms with E-state index >= 15 is 0 Å². The van der Waals surface area contributed by atoms with E-state index in [1.54, 1.807) is 18.2 Å². The van der Waals surface area contributed by atoms with Crippen LogP contribution in [0.5, 0.6) is 5.75 Å². The summed E-state index contributed by atoms with van der Waals surface area (Å²) in [6.07, 6.45) is 0. The number of carbonyl (C=O) groups excluding carboxylic acids is 2. The van der Waals surface area contributed by atoms with Crippen molar-refractivity contribution in [2.45, 2.75) is 4.34 Å². The maximum Gasteiger partial charge on any atom is 0.259 e. The third-order valence-electron chi connectivity index (χ3n) is 5.83. The van der Waals surface area contributed by atoms with E-state index in [0.29, 0.717) is 17.0 Å². The van der Waals surface area contributed by atoms with Crippen molar-refractivity contribution in [3.63, 3.8) is 0 Å². The van der Waals surface area contributed by atoms with Gasteiger partial charge in [-0.2, -0.15) is 0 Å². The van der Waals surface area contributed by atoms with Gasteiger partial charge in [-0.1, -0.05) is 23.9 Å². The molecule has 3 aromatic carbocycles. The molecule has 37 heavy (non-hydrogen) atoms. The lowest BCUT2D eigenvalue weighted by atomic mass is 10.2. The van der Waals surface area contributed by atoms with Gasteiger partial charge in [0.15, 0.2) is 4.34 Å². The number of hydrogen-bond donors (Lipinski definition) is 2. The van der Waals surface area contributed by atoms with Gasteiger partial charge in [-0.25, -0.2) is 4.98 Å². The van der Waals surface area contributed by atoms with Crippen molar-refractivity contribution in [1.82, 2.24) is 4.98 Å². The molecule has 4 aromatic rings. The number of amides is 2. The summed E-state index contributed by atoms with van der Waals surface area (Å²) >= 11 is 2.88. The van der Waals surface area contributed by atoms with Crippen molar-refractivity contribution in [1.29, 1.82) is 0 Å². The molecule has 0 saturated carbocycles. The summed E-state index contributed by atoms with van der Waals surface area (Å²) in [5.74, 6) is 0.435. The number of thioether (sulfide) groups is 1. The van der Waals surface area contributed by atoms with Crippen molar-refractivity contribution in [2.24, 2.45) is 0 Å². The van der Waals surface area contributed by atoms with Crippen molar-refractivity contribution in [3.8, 4) is 5.75 Å². The zero-order valence-corrected chi connectivity index (χ0v) is 21.9. The van der Waals surface area contributed by atoms with Gasteiger partial charge >= 0.3 is 0 Å². The Hall–Kier alpha value is -3.60. The third kappa shape index (κ3) is 6.22. The first kappa shape index (κ1) is 25.1. The molecule has 0 unspecified atom stereocenters. The number of para-hydroxylation sites is 1. The minimum absolute atomic E-state index is 0.0897. The van der Waals surface area contributed by atoms with Gasteiger partial charge in [0.1, 0.15) is 5.75 Å². The predicted octanol–water partition coefficient (Wildman–Crippen LogP) is 5.12. The second-order valence-electron chi connectivity index (χ2n) is 8.30. The van der Waals surface area contributed by atoms with Crippen LogP contribution in [0.2, 0.25) is 0 Å². The number of benzene rings is 3. The van der Waals surface area contributed by atoms with Gasteiger partial charge in [0.05, 0.1) is 41.9 Å². The molecule has 5 rings (SSSR count). The van der Waals surface area contributed by atoms with Crippen LogP contribution in [0.3, 0.4) is 0 Å². The summed E-state index contributed by atoms with van der Waals surface area (Å²) in [6.45, 7) is 3.22. The van der Waals surface area contributed by atoms with E-state index in [-0.39, 0.29) is 17.6 Å². The summed E-state index contributed by atoms with van der Waals surface area (Å²) in [7, 11) is 1.54. The molecule has 1 fully saturated rings. The summed E-state index contributed by atoms with van der Waals surface area (Å²) in [5.41, 5.74) is 3.85. The van der Waals surface area contributed by atoms with Crippen LogP contribution in [0.25, 0.3) is 10.2 Å². The predicted molar refractivity (Wildman–Crippen MR) is 149 cm³/mol. The second-order valence-corrected chi connectivity index (χ2v) is 10.6. The standard InChI is InChI=1S/C27H26N4O4S2/c1-34-23-5-3-2-4-21(23)26(33)29-19-8-11-22-24(16-19)37-27(30-22)36-17-25(32)28-18-6-9-20(10-7-18)31-12-14-35-15-13-31/h2-11,16H,12-15,17H2,1H3,(H,28,32)(H,29,33). The van der Waals surface area contributed by atoms with Crippen LogP contribution in [0.1, 0.15) is 10.4 Å². The van der Waals surface area contributed by atoms with Gasteiger partial charge in [0, 0.05) is 30.2 Å². The molecule has 2 N–H and O–H groups in total. The monoisotopic (exact) mass is 534 g/mol. The number of aromatic nitrogens is 1. The highest BCUT2D eigenvalue weighted by molar-refractivity contribution is 8.01. The first-order chi connectivity index (χ1) is 18.1. The zero-order valence-electron chi connectivity index (χ0n) is 20.2. The van der Waals surface area contributed by atoms with Crippen LogP contribution in [0, 0.1) is 0 Å². The molecular weight excluding hydrogens is 508 g/mol. The summed E-state index contributed by atoms with van der Waals surface area (Å²) in [6, 6.07) is 20.5. The number of morpholine rings is 1. The molecule has 190 valence electrons. The molecule has 10 heteroatoms. The highest BCUT2D eigenvalue weighted by Gasteiger charge is 2.14. The number of carbonyl (C=O) groups is 2. The van der Waals surface area contributed by atoms with Crippen LogP contribution < -0.4 is 20.3 Å². The molecule has 1 aromatic heterocycles. The number of anilines is 3. The van der Waals surface area contributed by atoms with Crippen molar-refractivity contribution >= 4 is 62.2 Å². The van der Waals surface area contributed by atoms with Gasteiger partial charge in [-0.05, 0) is 54.6 Å². The Morgan fingerprint density at radius 1 is 1.03 bits per heavy atom. The van der Waals surface area contributed by atoms with Gasteiger partial charge < -0.3 is 25.0 Å². The number of nitrogens with zero attached hydrogens (tertiary/aromatic N) is 2. The van der Waals surface area contributed by atoms with E-state index in [1.807, 2.05) is 48.5 Å². The minimum Gasteiger partial charge on any atom is -0.496 e. The molecule has 0 spiro atoms. The molecule has 0 aliphatic carbocycles. The van der Waals surface area contributed by atoms with E-state index in [0.717, 1.165) is 52.2 Å². The van der Waals surface area contributed by atoms with E-state index < -0.39 is 0 Å². The van der Waals surface area contributed by atoms with E-state index in [9.17, 15) is 9.59 Å². The quantitative estimate of drug-likeness (QED) is 0.303. The number of hydrogen-bond acceptors (Lipinski definition) is 8. The molecule has 8 nitrogen and oxygen atoms in total. The lowest BCUT2D eigenvalue weighted by Gasteiger charge is -2.28. The normalized spacial score (nSPS) is 13.4. The smallest absolute Gasteiger partial charge is 0.259 e. The fourth-order valence-electron chi connectivity index (χ4n) is 3.98. The summed E-state index contributed by atoms with van der Waals surface area (Å²) in [5, 5.41) is 5.86. The molecule has 0 radical (unpaired) electrons. The topological polar surface area (TPSA) is 92.8 Å². The third-order valence-corrected chi connectivity index (χ3v) is 7.99. The van der Waals surface area contributed by atoms with Gasteiger partial charge in [-0.15, -0.1) is 11.3 Å². The number of ether oxygens (including phenoxy) is 2. The largest absolute Gasteiger partial charge is 0.496 e. The van der Waals surface area contributed by atoms with Crippen LogP contribution in [0.4, 0.5) is 17.1 Å². The molecule has 1 aliphatic rings. The fourth-order valence-corrected chi connectivity index (χ4v) is 5.88. The van der Waals surface area contributed by atoms with E-state index in [1.165, 1.54) is 30.2 Å². The first-order valence-electron chi connectivity index (χ1n) is 11.8. The Morgan fingerprint density at radius 3 is 2.57 bits per heavy atom. The first-order valence-corrected chi connectivity index (χ1v) is 13.6. The van der Waals surface area contributed by atoms with Gasteiger partial charge in [0.2, 0.25) is 5.91 Å². The minimum atomic E-state index is -0.245. The lowest BCUT2D eigenvalue weighted by molar-refractivity contribution is -0.113. The molecule has 1 saturated heterocycles. The second kappa shape index (κ2) is 11.6. The van der Waals surface area contributed by atoms with Gasteiger partial charge in [-0.3, -0.25) is 9.59 Å². The Bertz CT molecular complexity index is 1400. The Balaban J connectivity index is 1.16. The zero-order chi connectivity index (χ0) is 25.6. The van der Waals surface area contributed by atoms with Crippen LogP contribution in [-0.4, -0.2) is 56.0 Å². The Morgan fingerprint density at radius 2 is 1.78 bits per heavy atom. The van der Waals surface area contributed by atoms with Crippen molar-refractivity contribution in [2.75, 3.05) is 54.7 Å². The highest BCUT2D eigenvalue weighted by Crippen LogP contribution is 2.32. The molecule has 2 amide bonds. The summed E-state index contributed by atoms with van der Waals surface area (Å²) < 4.78 is 12.4. The van der Waals surface area contributed by atoms with Crippen LogP contribution >= 0.6 is 23.1 Å². The number of fused-ring (bicyclic) bond motifs is 1. The number of rotatable bonds is 8. The number of thiazole rings is 1. The average Bonchev–Trinajstić information content (AvgIpc) is 3.35. The SMILES string of the molecule is COc1ccccc1C(=O)Nc1ccc2nc(SCC(=O)Nc3ccc(N4CCOCC4)cc3)sc2c1. The average molecular weight is 535 g/mol. The number of methoxy groups -OCH3 is 1. The van der Waals surface area contributed by atoms with Crippen molar-refractivity contribution in [3.05, 3.63) is 72.3 Å². The highest BCUT2D eigenvalue weighted by atomic mass is 32.2. The van der Waals surface area contributed by atoms with Crippen LogP contribution in [0.15, 0.2) is 71.1 Å². The lowest BCUT2D eigenvalue weighted by Crippen LogP contribution is -2.36. The molecule has 0 bridgehead atoms. The van der Waals surface area contributed by atoms with Gasteiger partial charge in [0.25, 0.3) is 5.91 Å². The Kier molecular flexibility index (Phi) is 7.88. The van der Waals surface area contributed by atoms with Crippen LogP contribution in [-0.2, 0) is 9.53 Å². The molecule has 0 atom stereocenters. The fraction of sp³-hybridized carbons (Fsp3) is 0.222. The summed E-state index contributed by atoms with van der Waals surface area (Å²) in [4.78, 5) is 32.1. The molecule has 2 heterocycles. The molecule has 1 aliphatic heterocycles.